The predicted molar refractivity (Wildman–Crippen MR) is 110 cm³/mol. The minimum atomic E-state index is -0.535. The molecule has 7 nitrogen and oxygen atoms in total. The Hall–Kier alpha value is -3.49. The molecule has 2 heterocycles. The lowest BCUT2D eigenvalue weighted by Gasteiger charge is -2.35. The van der Waals surface area contributed by atoms with Crippen LogP contribution in [-0.2, 0) is 9.59 Å². The van der Waals surface area contributed by atoms with E-state index >= 15 is 0 Å². The average Bonchev–Trinajstić information content (AvgIpc) is 3.16. The molecule has 2 fully saturated rings. The number of hydrogen-bond acceptors (Lipinski definition) is 3. The number of carbonyl (C=O) groups is 3. The van der Waals surface area contributed by atoms with Gasteiger partial charge in [0.25, 0.3) is 0 Å². The molecule has 4 rings (SSSR count). The van der Waals surface area contributed by atoms with E-state index in [1.807, 2.05) is 0 Å². The molecular weight excluding hydrogens is 406 g/mol. The van der Waals surface area contributed by atoms with Gasteiger partial charge in [-0.05, 0) is 36.4 Å². The second-order valence-electron chi connectivity index (χ2n) is 7.61. The Balaban J connectivity index is 1.31. The number of benzene rings is 2. The Morgan fingerprint density at radius 1 is 0.903 bits per heavy atom. The van der Waals surface area contributed by atoms with Gasteiger partial charge in [-0.25, -0.2) is 13.6 Å². The van der Waals surface area contributed by atoms with Gasteiger partial charge in [0.15, 0.2) is 0 Å². The summed E-state index contributed by atoms with van der Waals surface area (Å²) in [5, 5.41) is 2.70. The molecule has 2 saturated heterocycles. The highest BCUT2D eigenvalue weighted by molar-refractivity contribution is 6.00. The first-order valence-electron chi connectivity index (χ1n) is 10.1. The molecule has 1 atom stereocenters. The van der Waals surface area contributed by atoms with Crippen molar-refractivity contribution < 1.29 is 23.2 Å². The van der Waals surface area contributed by atoms with Gasteiger partial charge < -0.3 is 20.0 Å². The molecule has 0 spiro atoms. The predicted octanol–water partition coefficient (Wildman–Crippen LogP) is 2.69. The minimum absolute atomic E-state index is 0.0401. The van der Waals surface area contributed by atoms with Crippen molar-refractivity contribution in [2.24, 2.45) is 5.92 Å². The van der Waals surface area contributed by atoms with E-state index in [2.05, 4.69) is 5.32 Å². The molecule has 4 amide bonds. The minimum Gasteiger partial charge on any atom is -0.339 e. The Bertz CT molecular complexity index is 991. The van der Waals surface area contributed by atoms with Crippen molar-refractivity contribution in [2.75, 3.05) is 42.9 Å². The van der Waals surface area contributed by atoms with Crippen LogP contribution in [0.5, 0.6) is 0 Å². The molecule has 0 bridgehead atoms. The number of urea groups is 1. The normalized spacial score (nSPS) is 19.0. The van der Waals surface area contributed by atoms with E-state index in [1.165, 1.54) is 41.3 Å². The molecule has 1 N–H and O–H groups in total. The van der Waals surface area contributed by atoms with Gasteiger partial charge in [-0.15, -0.1) is 0 Å². The third kappa shape index (κ3) is 4.50. The van der Waals surface area contributed by atoms with Gasteiger partial charge in [0.2, 0.25) is 11.8 Å². The first-order valence-corrected chi connectivity index (χ1v) is 10.1. The van der Waals surface area contributed by atoms with Gasteiger partial charge in [-0.3, -0.25) is 9.59 Å². The fourth-order valence-electron chi connectivity index (χ4n) is 3.90. The zero-order valence-corrected chi connectivity index (χ0v) is 16.8. The highest BCUT2D eigenvalue weighted by Gasteiger charge is 2.39. The highest BCUT2D eigenvalue weighted by atomic mass is 19.1. The molecule has 9 heteroatoms. The maximum atomic E-state index is 14.0. The first-order chi connectivity index (χ1) is 14.9. The molecule has 2 aliphatic rings. The molecule has 0 radical (unpaired) electrons. The third-order valence-corrected chi connectivity index (χ3v) is 5.59. The van der Waals surface area contributed by atoms with Gasteiger partial charge in [0.1, 0.15) is 11.6 Å². The molecule has 2 aromatic carbocycles. The van der Waals surface area contributed by atoms with Crippen LogP contribution in [-0.4, -0.2) is 60.4 Å². The van der Waals surface area contributed by atoms with Crippen molar-refractivity contribution >= 4 is 29.2 Å². The van der Waals surface area contributed by atoms with Gasteiger partial charge in [0, 0.05) is 44.8 Å². The van der Waals surface area contributed by atoms with Crippen LogP contribution < -0.4 is 10.2 Å². The van der Waals surface area contributed by atoms with E-state index in [-0.39, 0.29) is 42.3 Å². The maximum absolute atomic E-state index is 14.0. The van der Waals surface area contributed by atoms with Crippen molar-refractivity contribution in [3.63, 3.8) is 0 Å². The monoisotopic (exact) mass is 428 g/mol. The molecular formula is C22H22F2N4O3. The molecule has 0 saturated carbocycles. The van der Waals surface area contributed by atoms with Gasteiger partial charge >= 0.3 is 6.03 Å². The molecule has 0 aliphatic carbocycles. The first kappa shape index (κ1) is 20.8. The topological polar surface area (TPSA) is 73.0 Å². The largest absolute Gasteiger partial charge is 0.339 e. The van der Waals surface area contributed by atoms with Crippen molar-refractivity contribution in [3.05, 3.63) is 60.2 Å². The number of halogens is 2. The number of anilines is 2. The quantitative estimate of drug-likeness (QED) is 0.817. The fourth-order valence-corrected chi connectivity index (χ4v) is 3.90. The molecule has 31 heavy (non-hydrogen) atoms. The van der Waals surface area contributed by atoms with Gasteiger partial charge in [0.05, 0.1) is 11.6 Å². The van der Waals surface area contributed by atoms with Crippen LogP contribution in [0.2, 0.25) is 0 Å². The summed E-state index contributed by atoms with van der Waals surface area (Å²) in [6.45, 7) is 1.52. The Morgan fingerprint density at radius 3 is 2.23 bits per heavy atom. The second kappa shape index (κ2) is 8.71. The van der Waals surface area contributed by atoms with E-state index in [1.54, 1.807) is 21.9 Å². The summed E-state index contributed by atoms with van der Waals surface area (Å²) in [5.74, 6) is -1.85. The van der Waals surface area contributed by atoms with Crippen LogP contribution in [0.25, 0.3) is 0 Å². The van der Waals surface area contributed by atoms with Crippen molar-refractivity contribution in [1.29, 1.82) is 0 Å². The van der Waals surface area contributed by atoms with Crippen LogP contribution >= 0.6 is 0 Å². The van der Waals surface area contributed by atoms with E-state index in [0.717, 1.165) is 0 Å². The number of nitrogens with zero attached hydrogens (tertiary/aromatic N) is 3. The van der Waals surface area contributed by atoms with Crippen LogP contribution in [0.15, 0.2) is 48.5 Å². The smallest absolute Gasteiger partial charge is 0.321 e. The van der Waals surface area contributed by atoms with Crippen LogP contribution in [0, 0.1) is 17.6 Å². The van der Waals surface area contributed by atoms with E-state index in [0.29, 0.717) is 31.9 Å². The number of hydrogen-bond donors (Lipinski definition) is 1. The van der Waals surface area contributed by atoms with Crippen LogP contribution in [0.1, 0.15) is 6.42 Å². The number of piperazine rings is 1. The summed E-state index contributed by atoms with van der Waals surface area (Å²) < 4.78 is 27.0. The van der Waals surface area contributed by atoms with Crippen LogP contribution in [0.3, 0.4) is 0 Å². The maximum Gasteiger partial charge on any atom is 0.321 e. The van der Waals surface area contributed by atoms with Crippen molar-refractivity contribution in [1.82, 2.24) is 9.80 Å². The highest BCUT2D eigenvalue weighted by Crippen LogP contribution is 2.28. The summed E-state index contributed by atoms with van der Waals surface area (Å²) in [5.41, 5.74) is 0.674. The summed E-state index contributed by atoms with van der Waals surface area (Å²) in [7, 11) is 0. The Labute approximate surface area is 178 Å². The lowest BCUT2D eigenvalue weighted by atomic mass is 10.1. The summed E-state index contributed by atoms with van der Waals surface area (Å²) >= 11 is 0. The average molecular weight is 428 g/mol. The number of carbonyl (C=O) groups excluding carboxylic acids is 3. The number of amides is 4. The van der Waals surface area contributed by atoms with Crippen molar-refractivity contribution in [3.8, 4) is 0 Å². The Kier molecular flexibility index (Phi) is 5.83. The van der Waals surface area contributed by atoms with E-state index in [9.17, 15) is 23.2 Å². The number of para-hydroxylation sites is 1. The second-order valence-corrected chi connectivity index (χ2v) is 7.61. The molecule has 162 valence electrons. The Morgan fingerprint density at radius 2 is 1.55 bits per heavy atom. The SMILES string of the molecule is O=C(Nc1ccc(F)cc1)N1CCN(C(=O)[C@@H]2CC(=O)N(c3ccccc3F)C2)CC1. The molecule has 0 aromatic heterocycles. The molecule has 0 unspecified atom stereocenters. The zero-order chi connectivity index (χ0) is 22.0. The summed E-state index contributed by atoms with van der Waals surface area (Å²) in [6.07, 6.45) is 0.0401. The zero-order valence-electron chi connectivity index (χ0n) is 16.8. The fraction of sp³-hybridized carbons (Fsp3) is 0.318. The number of nitrogens with one attached hydrogen (secondary N) is 1. The summed E-state index contributed by atoms with van der Waals surface area (Å²) in [4.78, 5) is 42.2. The van der Waals surface area contributed by atoms with Crippen LogP contribution in [0.4, 0.5) is 25.0 Å². The van der Waals surface area contributed by atoms with E-state index < -0.39 is 11.7 Å². The number of rotatable bonds is 3. The third-order valence-electron chi connectivity index (χ3n) is 5.59. The van der Waals surface area contributed by atoms with Crippen molar-refractivity contribution in [2.45, 2.75) is 6.42 Å². The standard InChI is InChI=1S/C22H22F2N4O3/c23-16-5-7-17(8-6-16)25-22(31)27-11-9-26(10-12-27)21(30)15-13-20(29)28(14-15)19-4-2-1-3-18(19)24/h1-8,15H,9-14H2,(H,25,31)/t15-/m1/s1. The van der Waals surface area contributed by atoms with E-state index in [4.69, 9.17) is 0 Å². The van der Waals surface area contributed by atoms with Gasteiger partial charge in [-0.2, -0.15) is 0 Å². The summed E-state index contributed by atoms with van der Waals surface area (Å²) in [6, 6.07) is 11.2. The lowest BCUT2D eigenvalue weighted by molar-refractivity contribution is -0.137. The van der Waals surface area contributed by atoms with Gasteiger partial charge in [-0.1, -0.05) is 12.1 Å². The lowest BCUT2D eigenvalue weighted by Crippen LogP contribution is -2.53. The molecule has 2 aromatic rings. The molecule has 2 aliphatic heterocycles.